The van der Waals surface area contributed by atoms with Crippen LogP contribution in [0.1, 0.15) is 77.6 Å². The quantitative estimate of drug-likeness (QED) is 0.248. The van der Waals surface area contributed by atoms with Gasteiger partial charge < -0.3 is 5.11 Å². The normalized spacial score (nSPS) is 19.2. The summed E-state index contributed by atoms with van der Waals surface area (Å²) in [5, 5.41) is 8.71. The number of carboxylic acid groups (broad SMARTS) is 1. The van der Waals surface area contributed by atoms with Crippen LogP contribution >= 0.6 is 0 Å². The lowest BCUT2D eigenvalue weighted by Crippen LogP contribution is -2.13. The topological polar surface area (TPSA) is 88.5 Å². The van der Waals surface area contributed by atoms with Crippen LogP contribution in [0.2, 0.25) is 0 Å². The summed E-state index contributed by atoms with van der Waals surface area (Å²) in [6.07, 6.45) is 9.02. The molecule has 5 nitrogen and oxygen atoms in total. The first kappa shape index (κ1) is 22.8. The minimum atomic E-state index is -0.771. The first-order valence-corrected chi connectivity index (χ1v) is 11.7. The van der Waals surface area contributed by atoms with Gasteiger partial charge in [-0.25, -0.2) is 0 Å². The lowest BCUT2D eigenvalue weighted by Gasteiger charge is -2.15. The summed E-state index contributed by atoms with van der Waals surface area (Å²) in [5.41, 5.74) is 3.20. The molecule has 2 aliphatic carbocycles. The lowest BCUT2D eigenvalue weighted by atomic mass is 9.89. The third-order valence-electron chi connectivity index (χ3n) is 6.82. The van der Waals surface area contributed by atoms with Crippen LogP contribution in [0, 0.1) is 11.8 Å². The number of carbonyl (C=O) groups excluding carboxylic acids is 3. The highest BCUT2D eigenvalue weighted by Crippen LogP contribution is 2.39. The van der Waals surface area contributed by atoms with E-state index in [1.165, 1.54) is 0 Å². The number of benzene rings is 2. The molecule has 0 heterocycles. The Balaban J connectivity index is 1.43. The van der Waals surface area contributed by atoms with E-state index in [4.69, 9.17) is 5.11 Å². The molecule has 2 aromatic carbocycles. The van der Waals surface area contributed by atoms with Crippen molar-refractivity contribution in [2.75, 3.05) is 0 Å². The molecule has 0 radical (unpaired) electrons. The number of ketones is 3. The molecule has 33 heavy (non-hydrogen) atoms. The highest BCUT2D eigenvalue weighted by Gasteiger charge is 2.33. The minimum Gasteiger partial charge on any atom is -0.481 e. The van der Waals surface area contributed by atoms with Gasteiger partial charge in [-0.15, -0.1) is 0 Å². The van der Waals surface area contributed by atoms with Crippen LogP contribution in [0.4, 0.5) is 0 Å². The maximum atomic E-state index is 13.1. The molecule has 0 aliphatic heterocycles. The Labute approximate surface area is 193 Å². The maximum Gasteiger partial charge on any atom is 0.303 e. The third-order valence-corrected chi connectivity index (χ3v) is 6.82. The summed E-state index contributed by atoms with van der Waals surface area (Å²) >= 11 is 0. The Morgan fingerprint density at radius 3 is 2.42 bits per heavy atom. The molecule has 1 saturated carbocycles. The van der Waals surface area contributed by atoms with E-state index in [1.807, 2.05) is 24.3 Å². The second kappa shape index (κ2) is 10.1. The van der Waals surface area contributed by atoms with Crippen LogP contribution in [0.3, 0.4) is 0 Å². The number of fused-ring (bicyclic) bond motifs is 3. The van der Waals surface area contributed by atoms with Gasteiger partial charge in [0.25, 0.3) is 0 Å². The van der Waals surface area contributed by atoms with Gasteiger partial charge in [0.1, 0.15) is 5.78 Å². The second-order valence-electron chi connectivity index (χ2n) is 8.95. The predicted molar refractivity (Wildman–Crippen MR) is 125 cm³/mol. The number of carboxylic acids is 1. The Morgan fingerprint density at radius 2 is 1.64 bits per heavy atom. The van der Waals surface area contributed by atoms with Crippen molar-refractivity contribution in [3.63, 3.8) is 0 Å². The Hall–Kier alpha value is -3.34. The van der Waals surface area contributed by atoms with E-state index in [9.17, 15) is 19.2 Å². The Kier molecular flexibility index (Phi) is 6.97. The standard InChI is InChI=1S/C28H28O5/c29-24-16-14-18(19(24)8-3-1-2-4-13-26(31)32)15-17-25(30)22-11-7-12-23-27(22)20-9-5-6-10-21(20)28(23)33/h5-7,9-12,15,17-19H,1-4,8,13-14,16H2,(H,31,32)/b17-15+. The number of hydrogen-bond acceptors (Lipinski definition) is 4. The molecule has 170 valence electrons. The van der Waals surface area contributed by atoms with E-state index in [2.05, 4.69) is 0 Å². The van der Waals surface area contributed by atoms with E-state index in [0.717, 1.165) is 37.7 Å². The Bertz CT molecular complexity index is 1130. The zero-order valence-electron chi connectivity index (χ0n) is 18.6. The number of rotatable bonds is 10. The number of allylic oxidation sites excluding steroid dienone is 2. The van der Waals surface area contributed by atoms with E-state index in [1.54, 1.807) is 30.3 Å². The van der Waals surface area contributed by atoms with Crippen LogP contribution in [0.5, 0.6) is 0 Å². The molecule has 5 heteroatoms. The average Bonchev–Trinajstić information content (AvgIpc) is 3.31. The predicted octanol–water partition coefficient (Wildman–Crippen LogP) is 5.66. The van der Waals surface area contributed by atoms with Crippen molar-refractivity contribution in [1.29, 1.82) is 0 Å². The van der Waals surface area contributed by atoms with Crippen molar-refractivity contribution in [1.82, 2.24) is 0 Å². The van der Waals surface area contributed by atoms with Gasteiger partial charge >= 0.3 is 5.97 Å². The second-order valence-corrected chi connectivity index (χ2v) is 8.95. The van der Waals surface area contributed by atoms with Gasteiger partial charge in [0.15, 0.2) is 11.6 Å². The number of unbranched alkanes of at least 4 members (excludes halogenated alkanes) is 3. The SMILES string of the molecule is O=C(O)CCCCCCC1C(=O)CCC1/C=C/C(=O)c1cccc2c1-c1ccccc1C2=O. The number of carbonyl (C=O) groups is 4. The fourth-order valence-electron chi connectivity index (χ4n) is 5.12. The number of hydrogen-bond donors (Lipinski definition) is 1. The van der Waals surface area contributed by atoms with E-state index in [-0.39, 0.29) is 35.6 Å². The summed E-state index contributed by atoms with van der Waals surface area (Å²) < 4.78 is 0. The molecular weight excluding hydrogens is 416 g/mol. The first-order valence-electron chi connectivity index (χ1n) is 11.7. The largest absolute Gasteiger partial charge is 0.481 e. The molecule has 2 unspecified atom stereocenters. The van der Waals surface area contributed by atoms with Crippen molar-refractivity contribution in [2.45, 2.75) is 51.4 Å². The molecule has 0 aromatic heterocycles. The number of aliphatic carboxylic acids is 1. The zero-order valence-corrected chi connectivity index (χ0v) is 18.6. The molecule has 1 N–H and O–H groups in total. The smallest absolute Gasteiger partial charge is 0.303 e. The van der Waals surface area contributed by atoms with Crippen LogP contribution in [-0.4, -0.2) is 28.4 Å². The summed E-state index contributed by atoms with van der Waals surface area (Å²) in [5.74, 6) is -0.744. The van der Waals surface area contributed by atoms with Gasteiger partial charge in [0.05, 0.1) is 0 Å². The van der Waals surface area contributed by atoms with Gasteiger partial charge in [0.2, 0.25) is 0 Å². The van der Waals surface area contributed by atoms with Gasteiger partial charge in [0, 0.05) is 41.0 Å². The Morgan fingerprint density at radius 1 is 0.909 bits per heavy atom. The van der Waals surface area contributed by atoms with Crippen molar-refractivity contribution in [3.8, 4) is 11.1 Å². The van der Waals surface area contributed by atoms with Gasteiger partial charge in [-0.3, -0.25) is 19.2 Å². The highest BCUT2D eigenvalue weighted by molar-refractivity contribution is 6.25. The monoisotopic (exact) mass is 444 g/mol. The van der Waals surface area contributed by atoms with Crippen LogP contribution in [-0.2, 0) is 9.59 Å². The van der Waals surface area contributed by atoms with Gasteiger partial charge in [-0.2, -0.15) is 0 Å². The molecule has 0 bridgehead atoms. The van der Waals surface area contributed by atoms with Gasteiger partial charge in [-0.1, -0.05) is 67.8 Å². The van der Waals surface area contributed by atoms with Crippen molar-refractivity contribution < 1.29 is 24.3 Å². The molecule has 0 saturated heterocycles. The molecule has 2 aromatic rings. The minimum absolute atomic E-state index is 0.0474. The summed E-state index contributed by atoms with van der Waals surface area (Å²) in [6, 6.07) is 12.6. The molecule has 2 atom stereocenters. The summed E-state index contributed by atoms with van der Waals surface area (Å²) in [7, 11) is 0. The maximum absolute atomic E-state index is 13.1. The van der Waals surface area contributed by atoms with E-state index in [0.29, 0.717) is 35.1 Å². The van der Waals surface area contributed by atoms with E-state index < -0.39 is 5.97 Å². The molecule has 4 rings (SSSR count). The molecule has 0 amide bonds. The average molecular weight is 445 g/mol. The van der Waals surface area contributed by atoms with Gasteiger partial charge in [-0.05, 0) is 36.8 Å². The highest BCUT2D eigenvalue weighted by atomic mass is 16.4. The number of Topliss-reactive ketones (excluding diaryl/α,β-unsaturated/α-hetero) is 1. The first-order chi connectivity index (χ1) is 16.0. The third kappa shape index (κ3) is 4.87. The van der Waals surface area contributed by atoms with Crippen molar-refractivity contribution in [3.05, 3.63) is 71.3 Å². The molecule has 1 fully saturated rings. The molecule has 0 spiro atoms. The molecule has 2 aliphatic rings. The van der Waals surface area contributed by atoms with Crippen molar-refractivity contribution >= 4 is 23.3 Å². The summed E-state index contributed by atoms with van der Waals surface area (Å²) in [4.78, 5) is 48.8. The summed E-state index contributed by atoms with van der Waals surface area (Å²) in [6.45, 7) is 0. The zero-order chi connectivity index (χ0) is 23.4. The fraction of sp³-hybridized carbons (Fsp3) is 0.357. The molecular formula is C28H28O5. The van der Waals surface area contributed by atoms with Crippen LogP contribution in [0.25, 0.3) is 11.1 Å². The van der Waals surface area contributed by atoms with E-state index >= 15 is 0 Å². The van der Waals surface area contributed by atoms with Crippen LogP contribution < -0.4 is 0 Å². The van der Waals surface area contributed by atoms with Crippen LogP contribution in [0.15, 0.2) is 54.6 Å². The van der Waals surface area contributed by atoms with Crippen molar-refractivity contribution in [2.24, 2.45) is 11.8 Å². The fourth-order valence-corrected chi connectivity index (χ4v) is 5.12. The lowest BCUT2D eigenvalue weighted by molar-refractivity contribution is -0.137.